The largest absolute Gasteiger partial charge is 0.478 e. The number of hydrogen-bond donors (Lipinski definition) is 1. The Balaban J connectivity index is 3.41. The molecule has 0 aliphatic heterocycles. The lowest BCUT2D eigenvalue weighted by Gasteiger charge is -1.98. The summed E-state index contributed by atoms with van der Waals surface area (Å²) in [5.74, 6) is -1.77. The molecule has 0 bridgehead atoms. The third-order valence-corrected chi connectivity index (χ3v) is 2.28. The monoisotopic (exact) mass is 254 g/mol. The average molecular weight is 254 g/mol. The van der Waals surface area contributed by atoms with Gasteiger partial charge in [-0.3, -0.25) is 0 Å². The molecule has 0 saturated carbocycles. The van der Waals surface area contributed by atoms with E-state index in [0.29, 0.717) is 6.42 Å². The maximum Gasteiger partial charge on any atom is 0.331 e. The first-order valence-electron chi connectivity index (χ1n) is 6.39. The minimum absolute atomic E-state index is 0.286. The van der Waals surface area contributed by atoms with Crippen LogP contribution in [0, 0.1) is 0 Å². The number of hydrogen-bond acceptors (Lipinski definition) is 3. The quantitative estimate of drug-likeness (QED) is 0.281. The van der Waals surface area contributed by atoms with E-state index in [4.69, 9.17) is 9.84 Å². The standard InChI is InChI=1S/C14H22O4/c1-2-3-4-5-6-7-8-9-12-18-14(17)11-10-13(15)16/h7-8,10-11H,2-6,9,12H2,1H3,(H,15,16)/b8-7?,11-10-. The van der Waals surface area contributed by atoms with Crippen molar-refractivity contribution in [2.24, 2.45) is 0 Å². The van der Waals surface area contributed by atoms with Crippen LogP contribution in [0.5, 0.6) is 0 Å². The van der Waals surface area contributed by atoms with Crippen LogP contribution in [0.2, 0.25) is 0 Å². The summed E-state index contributed by atoms with van der Waals surface area (Å²) in [6.07, 6.45) is 12.5. The number of rotatable bonds is 10. The van der Waals surface area contributed by atoms with Gasteiger partial charge in [0.25, 0.3) is 0 Å². The molecule has 0 aromatic rings. The fraction of sp³-hybridized carbons (Fsp3) is 0.571. The zero-order valence-corrected chi connectivity index (χ0v) is 10.9. The molecule has 0 spiro atoms. The summed E-state index contributed by atoms with van der Waals surface area (Å²) >= 11 is 0. The van der Waals surface area contributed by atoms with Crippen LogP contribution >= 0.6 is 0 Å². The molecular formula is C14H22O4. The van der Waals surface area contributed by atoms with Crippen LogP contribution in [0.1, 0.15) is 45.4 Å². The lowest BCUT2D eigenvalue weighted by molar-refractivity contribution is -0.138. The number of carbonyl (C=O) groups is 2. The van der Waals surface area contributed by atoms with E-state index in [-0.39, 0.29) is 6.61 Å². The van der Waals surface area contributed by atoms with E-state index in [1.807, 2.05) is 6.08 Å². The van der Waals surface area contributed by atoms with Crippen LogP contribution in [0.4, 0.5) is 0 Å². The molecule has 0 aromatic heterocycles. The van der Waals surface area contributed by atoms with Gasteiger partial charge < -0.3 is 9.84 Å². The smallest absolute Gasteiger partial charge is 0.331 e. The summed E-state index contributed by atoms with van der Waals surface area (Å²) in [6, 6.07) is 0. The second kappa shape index (κ2) is 11.9. The number of ether oxygens (including phenoxy) is 1. The van der Waals surface area contributed by atoms with E-state index < -0.39 is 11.9 Å². The van der Waals surface area contributed by atoms with Gasteiger partial charge in [-0.15, -0.1) is 0 Å². The first-order chi connectivity index (χ1) is 8.66. The molecule has 102 valence electrons. The van der Waals surface area contributed by atoms with Crippen molar-refractivity contribution in [3.63, 3.8) is 0 Å². The van der Waals surface area contributed by atoms with Gasteiger partial charge in [0.05, 0.1) is 6.61 Å². The molecule has 4 nitrogen and oxygen atoms in total. The highest BCUT2D eigenvalue weighted by Crippen LogP contribution is 2.03. The number of unbranched alkanes of at least 4 members (excludes halogenated alkanes) is 4. The number of carbonyl (C=O) groups excluding carboxylic acids is 1. The second-order valence-corrected chi connectivity index (χ2v) is 3.95. The molecule has 0 heterocycles. The number of carboxylic acids is 1. The van der Waals surface area contributed by atoms with Gasteiger partial charge in [0.15, 0.2) is 0 Å². The summed E-state index contributed by atoms with van der Waals surface area (Å²) in [4.78, 5) is 21.1. The zero-order valence-electron chi connectivity index (χ0n) is 10.9. The minimum atomic E-state index is -1.15. The van der Waals surface area contributed by atoms with Crippen molar-refractivity contribution in [2.75, 3.05) is 6.61 Å². The molecular weight excluding hydrogens is 232 g/mol. The molecule has 0 aliphatic carbocycles. The molecule has 18 heavy (non-hydrogen) atoms. The Morgan fingerprint density at radius 1 is 1.06 bits per heavy atom. The second-order valence-electron chi connectivity index (χ2n) is 3.95. The highest BCUT2D eigenvalue weighted by atomic mass is 16.5. The van der Waals surface area contributed by atoms with E-state index in [1.54, 1.807) is 0 Å². The first-order valence-corrected chi connectivity index (χ1v) is 6.39. The van der Waals surface area contributed by atoms with E-state index in [9.17, 15) is 9.59 Å². The van der Waals surface area contributed by atoms with Crippen LogP contribution in [-0.2, 0) is 14.3 Å². The van der Waals surface area contributed by atoms with Crippen molar-refractivity contribution >= 4 is 11.9 Å². The normalized spacial score (nSPS) is 11.2. The van der Waals surface area contributed by atoms with Crippen LogP contribution in [0.15, 0.2) is 24.3 Å². The maximum absolute atomic E-state index is 11.0. The Hall–Kier alpha value is -1.58. The zero-order chi connectivity index (χ0) is 13.6. The molecule has 0 aliphatic rings. The van der Waals surface area contributed by atoms with Crippen LogP contribution in [-0.4, -0.2) is 23.7 Å². The Bertz CT molecular complexity index is 292. The molecule has 0 atom stereocenters. The van der Waals surface area contributed by atoms with E-state index in [2.05, 4.69) is 13.0 Å². The first kappa shape index (κ1) is 16.4. The number of esters is 1. The highest BCUT2D eigenvalue weighted by molar-refractivity contribution is 5.90. The van der Waals surface area contributed by atoms with E-state index >= 15 is 0 Å². The van der Waals surface area contributed by atoms with Crippen molar-refractivity contribution in [1.82, 2.24) is 0 Å². The van der Waals surface area contributed by atoms with Crippen molar-refractivity contribution in [1.29, 1.82) is 0 Å². The fourth-order valence-corrected chi connectivity index (χ4v) is 1.34. The van der Waals surface area contributed by atoms with E-state index in [1.165, 1.54) is 25.7 Å². The Kier molecular flexibility index (Phi) is 10.8. The number of allylic oxidation sites excluding steroid dienone is 1. The topological polar surface area (TPSA) is 63.6 Å². The van der Waals surface area contributed by atoms with Crippen LogP contribution in [0.25, 0.3) is 0 Å². The van der Waals surface area contributed by atoms with Gasteiger partial charge in [-0.1, -0.05) is 38.3 Å². The third kappa shape index (κ3) is 12.5. The molecule has 0 rings (SSSR count). The predicted octanol–water partition coefficient (Wildman–Crippen LogP) is 3.09. The summed E-state index contributed by atoms with van der Waals surface area (Å²) < 4.78 is 4.80. The molecule has 0 radical (unpaired) electrons. The van der Waals surface area contributed by atoms with Gasteiger partial charge in [-0.25, -0.2) is 9.59 Å². The summed E-state index contributed by atoms with van der Waals surface area (Å²) in [6.45, 7) is 2.47. The molecule has 0 amide bonds. The predicted molar refractivity (Wildman–Crippen MR) is 70.3 cm³/mol. The third-order valence-electron chi connectivity index (χ3n) is 2.28. The van der Waals surface area contributed by atoms with Gasteiger partial charge in [-0.2, -0.15) is 0 Å². The van der Waals surface area contributed by atoms with Crippen molar-refractivity contribution in [3.8, 4) is 0 Å². The summed E-state index contributed by atoms with van der Waals surface area (Å²) in [7, 11) is 0. The molecule has 0 aromatic carbocycles. The Labute approximate surface area is 108 Å². The maximum atomic E-state index is 11.0. The lowest BCUT2D eigenvalue weighted by atomic mass is 10.1. The SMILES string of the molecule is CCCCCCC=CCCOC(=O)/C=C\C(=O)O. The van der Waals surface area contributed by atoms with E-state index in [0.717, 1.165) is 18.6 Å². The minimum Gasteiger partial charge on any atom is -0.478 e. The van der Waals surface area contributed by atoms with Gasteiger partial charge in [0.2, 0.25) is 0 Å². The van der Waals surface area contributed by atoms with Gasteiger partial charge in [0, 0.05) is 12.2 Å². The summed E-state index contributed by atoms with van der Waals surface area (Å²) in [5.41, 5.74) is 0. The molecule has 4 heteroatoms. The molecule has 0 unspecified atom stereocenters. The van der Waals surface area contributed by atoms with Gasteiger partial charge in [0.1, 0.15) is 0 Å². The van der Waals surface area contributed by atoms with Gasteiger partial charge in [-0.05, 0) is 19.3 Å². The number of carboxylic acid groups (broad SMARTS) is 1. The summed E-state index contributed by atoms with van der Waals surface area (Å²) in [5, 5.41) is 8.29. The van der Waals surface area contributed by atoms with Crippen LogP contribution in [0.3, 0.4) is 0 Å². The van der Waals surface area contributed by atoms with Crippen molar-refractivity contribution < 1.29 is 19.4 Å². The van der Waals surface area contributed by atoms with Crippen LogP contribution < -0.4 is 0 Å². The van der Waals surface area contributed by atoms with Gasteiger partial charge >= 0.3 is 11.9 Å². The molecule has 0 fully saturated rings. The van der Waals surface area contributed by atoms with Crippen molar-refractivity contribution in [3.05, 3.63) is 24.3 Å². The molecule has 1 N–H and O–H groups in total. The lowest BCUT2D eigenvalue weighted by Crippen LogP contribution is -2.02. The molecule has 0 saturated heterocycles. The Morgan fingerprint density at radius 3 is 2.44 bits per heavy atom. The Morgan fingerprint density at radius 2 is 1.78 bits per heavy atom. The highest BCUT2D eigenvalue weighted by Gasteiger charge is 1.96. The number of aliphatic carboxylic acids is 1. The van der Waals surface area contributed by atoms with Crippen molar-refractivity contribution in [2.45, 2.75) is 45.4 Å². The fourth-order valence-electron chi connectivity index (χ4n) is 1.34. The average Bonchev–Trinajstić information content (AvgIpc) is 2.34.